The fourth-order valence-corrected chi connectivity index (χ4v) is 5.64. The van der Waals surface area contributed by atoms with Gasteiger partial charge in [-0.15, -0.1) is 0 Å². The fraction of sp³-hybridized carbons (Fsp3) is 0.593. The summed E-state index contributed by atoms with van der Waals surface area (Å²) in [7, 11) is 1.68. The Morgan fingerprint density at radius 2 is 1.97 bits per heavy atom. The average molecular weight is 534 g/mol. The summed E-state index contributed by atoms with van der Waals surface area (Å²) in [5, 5.41) is 5.36. The van der Waals surface area contributed by atoms with E-state index in [2.05, 4.69) is 15.0 Å². The second kappa shape index (κ2) is 10.7. The van der Waals surface area contributed by atoms with Gasteiger partial charge in [0.05, 0.1) is 35.1 Å². The van der Waals surface area contributed by atoms with Crippen molar-refractivity contribution in [2.45, 2.75) is 63.7 Å². The van der Waals surface area contributed by atoms with Crippen molar-refractivity contribution in [3.63, 3.8) is 0 Å². The molecule has 2 aliphatic rings. The Morgan fingerprint density at radius 1 is 1.18 bits per heavy atom. The predicted molar refractivity (Wildman–Crippen MR) is 139 cm³/mol. The van der Waals surface area contributed by atoms with Crippen LogP contribution >= 0.6 is 0 Å². The van der Waals surface area contributed by atoms with Gasteiger partial charge in [0.15, 0.2) is 0 Å². The van der Waals surface area contributed by atoms with E-state index >= 15 is 0 Å². The molecule has 2 aromatic heterocycles. The van der Waals surface area contributed by atoms with Crippen molar-refractivity contribution in [3.05, 3.63) is 39.8 Å². The molecule has 1 aromatic carbocycles. The van der Waals surface area contributed by atoms with Crippen molar-refractivity contribution in [2.75, 3.05) is 39.9 Å². The Hall–Kier alpha value is -2.92. The van der Waals surface area contributed by atoms with Gasteiger partial charge in [-0.05, 0) is 63.3 Å². The van der Waals surface area contributed by atoms with E-state index < -0.39 is 24.1 Å². The summed E-state index contributed by atoms with van der Waals surface area (Å²) < 4.78 is 47.7. The first kappa shape index (κ1) is 26.7. The molecule has 0 radical (unpaired) electrons. The zero-order valence-electron chi connectivity index (χ0n) is 21.8. The Bertz CT molecular complexity index is 1380. The Labute approximate surface area is 218 Å². The van der Waals surface area contributed by atoms with E-state index in [9.17, 15) is 22.8 Å². The molecule has 0 spiro atoms. The van der Waals surface area contributed by atoms with E-state index in [0.29, 0.717) is 42.5 Å². The summed E-state index contributed by atoms with van der Waals surface area (Å²) in [6.07, 6.45) is 0.598. The number of carbonyl (C=O) groups is 1. The molecular weight excluding hydrogens is 499 g/mol. The number of nitrogens with one attached hydrogen (secondary N) is 1. The number of benzene rings is 1. The first-order valence-electron chi connectivity index (χ1n) is 13.3. The summed E-state index contributed by atoms with van der Waals surface area (Å²) >= 11 is 0. The number of hydrogen-bond acceptors (Lipinski definition) is 5. The lowest BCUT2D eigenvalue weighted by Gasteiger charge is -2.40. The van der Waals surface area contributed by atoms with Gasteiger partial charge in [-0.2, -0.15) is 18.3 Å². The molecule has 3 heterocycles. The van der Waals surface area contributed by atoms with Gasteiger partial charge in [-0.1, -0.05) is 0 Å². The summed E-state index contributed by atoms with van der Waals surface area (Å²) in [5.41, 5.74) is 0.370. The molecular formula is C27H34F3N5O3. The van der Waals surface area contributed by atoms with Crippen molar-refractivity contribution in [1.29, 1.82) is 0 Å². The number of aromatic nitrogens is 3. The van der Waals surface area contributed by atoms with E-state index in [1.54, 1.807) is 16.7 Å². The summed E-state index contributed by atoms with van der Waals surface area (Å²) in [6.45, 7) is 5.17. The zero-order valence-corrected chi connectivity index (χ0v) is 21.8. The molecule has 0 bridgehead atoms. The smallest absolute Gasteiger partial charge is 0.385 e. The number of amides is 1. The second-order valence-electron chi connectivity index (χ2n) is 10.6. The number of carbonyl (C=O) groups excluding carboxylic acids is 1. The summed E-state index contributed by atoms with van der Waals surface area (Å²) in [5.74, 6) is -0.411. The highest BCUT2D eigenvalue weighted by Gasteiger charge is 2.34. The van der Waals surface area contributed by atoms with Crippen LogP contribution < -0.4 is 5.56 Å². The van der Waals surface area contributed by atoms with Gasteiger partial charge in [0, 0.05) is 50.3 Å². The quantitative estimate of drug-likeness (QED) is 0.437. The molecule has 1 amide bonds. The van der Waals surface area contributed by atoms with E-state index in [4.69, 9.17) is 4.74 Å². The Morgan fingerprint density at radius 3 is 2.63 bits per heavy atom. The van der Waals surface area contributed by atoms with Crippen LogP contribution in [-0.2, 0) is 11.2 Å². The summed E-state index contributed by atoms with van der Waals surface area (Å²) in [6, 6.07) is 3.09. The number of fused-ring (bicyclic) bond motifs is 3. The van der Waals surface area contributed by atoms with Crippen LogP contribution in [0.2, 0.25) is 0 Å². The van der Waals surface area contributed by atoms with Gasteiger partial charge < -0.3 is 14.6 Å². The van der Waals surface area contributed by atoms with Crippen LogP contribution in [0.15, 0.2) is 23.1 Å². The third-order valence-corrected chi connectivity index (χ3v) is 7.92. The molecule has 1 saturated carbocycles. The standard InChI is InChI=1S/C27H34F3N5O3/c1-17-16-34(10-9-33(17)8-3-4-11-38-2)26(37)20-13-21-23(12-18(20)14-27(28,29)30)32-25(36)22-15-31-35(24(21)22)19-6-5-7-19/h12-13,15,17,19H,3-11,14,16H2,1-2H3,(H,32,36)/t17-/m1/s1. The Balaban J connectivity index is 1.51. The Kier molecular flexibility index (Phi) is 7.50. The van der Waals surface area contributed by atoms with Gasteiger partial charge in [0.1, 0.15) is 0 Å². The number of aromatic amines is 1. The minimum absolute atomic E-state index is 0.0327. The number of halogens is 3. The zero-order chi connectivity index (χ0) is 27.0. The molecule has 1 aliphatic carbocycles. The normalized spacial score (nSPS) is 19.4. The van der Waals surface area contributed by atoms with Crippen LogP contribution in [0.4, 0.5) is 13.2 Å². The first-order valence-corrected chi connectivity index (χ1v) is 13.3. The van der Waals surface area contributed by atoms with Crippen molar-refractivity contribution in [1.82, 2.24) is 24.6 Å². The van der Waals surface area contributed by atoms with E-state index in [0.717, 1.165) is 38.6 Å². The maximum Gasteiger partial charge on any atom is 0.393 e. The van der Waals surface area contributed by atoms with Gasteiger partial charge in [0.2, 0.25) is 0 Å². The van der Waals surface area contributed by atoms with Crippen LogP contribution in [-0.4, -0.2) is 82.6 Å². The number of rotatable bonds is 8. The van der Waals surface area contributed by atoms with Crippen LogP contribution in [0.3, 0.4) is 0 Å². The van der Waals surface area contributed by atoms with Crippen LogP contribution in [0.1, 0.15) is 61.0 Å². The van der Waals surface area contributed by atoms with Gasteiger partial charge in [-0.3, -0.25) is 19.2 Å². The average Bonchev–Trinajstić information content (AvgIpc) is 3.25. The van der Waals surface area contributed by atoms with Crippen LogP contribution in [0.5, 0.6) is 0 Å². The molecule has 5 rings (SSSR count). The highest BCUT2D eigenvalue weighted by molar-refractivity contribution is 6.07. The number of hydrogen-bond donors (Lipinski definition) is 1. The number of ether oxygens (including phenoxy) is 1. The molecule has 1 aliphatic heterocycles. The largest absolute Gasteiger partial charge is 0.393 e. The van der Waals surface area contributed by atoms with Gasteiger partial charge in [-0.25, -0.2) is 0 Å². The molecule has 11 heteroatoms. The van der Waals surface area contributed by atoms with Crippen LogP contribution in [0.25, 0.3) is 21.8 Å². The minimum atomic E-state index is -4.50. The number of unbranched alkanes of at least 4 members (excludes halogenated alkanes) is 1. The number of nitrogens with zero attached hydrogens (tertiary/aromatic N) is 4. The third-order valence-electron chi connectivity index (χ3n) is 7.92. The second-order valence-corrected chi connectivity index (χ2v) is 10.6. The van der Waals surface area contributed by atoms with E-state index in [1.165, 1.54) is 18.3 Å². The minimum Gasteiger partial charge on any atom is -0.385 e. The van der Waals surface area contributed by atoms with Crippen molar-refractivity contribution >= 4 is 27.7 Å². The lowest BCUT2D eigenvalue weighted by atomic mass is 9.93. The molecule has 2 fully saturated rings. The van der Waals surface area contributed by atoms with Crippen molar-refractivity contribution < 1.29 is 22.7 Å². The number of methoxy groups -OCH3 is 1. The molecule has 0 unspecified atom stereocenters. The monoisotopic (exact) mass is 533 g/mol. The maximum atomic E-state index is 13.8. The van der Waals surface area contributed by atoms with Gasteiger partial charge >= 0.3 is 6.18 Å². The fourth-order valence-electron chi connectivity index (χ4n) is 5.64. The first-order chi connectivity index (χ1) is 18.2. The highest BCUT2D eigenvalue weighted by atomic mass is 19.4. The van der Waals surface area contributed by atoms with Gasteiger partial charge in [0.25, 0.3) is 11.5 Å². The molecule has 8 nitrogen and oxygen atoms in total. The SMILES string of the molecule is COCCCCN1CCN(C(=O)c2cc3c(cc2CC(F)(F)F)[nH]c(=O)c2cnn(C4CCC4)c23)C[C@H]1C. The number of alkyl halides is 3. The highest BCUT2D eigenvalue weighted by Crippen LogP contribution is 2.36. The molecule has 3 aromatic rings. The lowest BCUT2D eigenvalue weighted by Crippen LogP contribution is -2.53. The predicted octanol–water partition coefficient (Wildman–Crippen LogP) is 4.28. The van der Waals surface area contributed by atoms with Crippen molar-refractivity contribution in [3.8, 4) is 0 Å². The number of pyridine rings is 1. The molecule has 206 valence electrons. The van der Waals surface area contributed by atoms with Crippen molar-refractivity contribution in [2.24, 2.45) is 0 Å². The number of piperazine rings is 1. The topological polar surface area (TPSA) is 83.5 Å². The molecule has 38 heavy (non-hydrogen) atoms. The molecule has 1 N–H and O–H groups in total. The van der Waals surface area contributed by atoms with Crippen LogP contribution in [0, 0.1) is 0 Å². The van der Waals surface area contributed by atoms with E-state index in [1.807, 2.05) is 6.92 Å². The lowest BCUT2D eigenvalue weighted by molar-refractivity contribution is -0.127. The number of H-pyrrole nitrogens is 1. The maximum absolute atomic E-state index is 13.8. The summed E-state index contributed by atoms with van der Waals surface area (Å²) in [4.78, 5) is 33.2. The molecule has 1 atom stereocenters. The van der Waals surface area contributed by atoms with E-state index in [-0.39, 0.29) is 28.7 Å². The molecule has 1 saturated heterocycles. The third kappa shape index (κ3) is 5.31.